The van der Waals surface area contributed by atoms with Gasteiger partial charge in [0.2, 0.25) is 0 Å². The number of ether oxygens (including phenoxy) is 1. The van der Waals surface area contributed by atoms with E-state index in [0.717, 1.165) is 117 Å². The van der Waals surface area contributed by atoms with Crippen LogP contribution in [0.15, 0.2) is 285 Å². The molecule has 0 radical (unpaired) electrons. The molecule has 15 rings (SSSR count). The molecule has 6 nitrogen and oxygen atoms in total. The quantitative estimate of drug-likeness (QED) is 0.0953. The van der Waals surface area contributed by atoms with Crippen molar-refractivity contribution < 1.29 is 25.8 Å². The number of rotatable bonds is 11. The molecule has 4 heterocycles. The topological polar surface area (TPSA) is 36.8 Å². The summed E-state index contributed by atoms with van der Waals surface area (Å²) in [5, 5.41) is 2.20. The second kappa shape index (κ2) is 22.8. The number of para-hydroxylation sites is 2. The van der Waals surface area contributed by atoms with Crippen LogP contribution in [-0.4, -0.2) is 23.4 Å². The Morgan fingerprint density at radius 3 is 1.52 bits per heavy atom. The van der Waals surface area contributed by atoms with Crippen LogP contribution in [0.4, 0.5) is 17.1 Å². The molecule has 0 saturated heterocycles. The first-order chi connectivity index (χ1) is 42.2. The zero-order valence-corrected chi connectivity index (χ0v) is 50.9. The van der Waals surface area contributed by atoms with E-state index in [4.69, 9.17) is 9.72 Å². The van der Waals surface area contributed by atoms with Crippen molar-refractivity contribution in [3.05, 3.63) is 309 Å². The van der Waals surface area contributed by atoms with Crippen molar-refractivity contribution in [2.75, 3.05) is 21.7 Å². The van der Waals surface area contributed by atoms with Crippen LogP contribution < -0.4 is 24.8 Å². The minimum Gasteiger partial charge on any atom is -0.509 e. The monoisotopic (exact) mass is 1300 g/mol. The van der Waals surface area contributed by atoms with Crippen molar-refractivity contribution in [2.45, 2.75) is 26.2 Å². The molecule has 422 valence electrons. The van der Waals surface area contributed by atoms with Gasteiger partial charge in [0.15, 0.2) is 0 Å². The number of nitrogens with zero attached hydrogens (tertiary/aromatic N) is 5. The normalized spacial score (nSPS) is 12.9. The summed E-state index contributed by atoms with van der Waals surface area (Å²) in [5.41, 5.74) is 21.9. The van der Waals surface area contributed by atoms with Crippen molar-refractivity contribution in [3.63, 3.8) is 0 Å². The molecule has 13 aromatic rings. The Kier molecular flexibility index (Phi) is 14.4. The van der Waals surface area contributed by atoms with E-state index in [1.165, 1.54) is 11.0 Å². The Bertz CT molecular complexity index is 4460. The Hall–Kier alpha value is -9.94. The molecule has 87 heavy (non-hydrogen) atoms. The Balaban J connectivity index is 0.00000667. The van der Waals surface area contributed by atoms with E-state index in [2.05, 4.69) is 327 Å². The molecular weight excluding hydrogens is 1240 g/mol. The van der Waals surface area contributed by atoms with E-state index in [0.29, 0.717) is 11.5 Å². The van der Waals surface area contributed by atoms with E-state index in [1.54, 1.807) is 0 Å². The van der Waals surface area contributed by atoms with E-state index < -0.39 is 0 Å². The molecule has 2 aliphatic rings. The summed E-state index contributed by atoms with van der Waals surface area (Å²) in [5.74, 6) is 2.00. The van der Waals surface area contributed by atoms with Crippen LogP contribution in [0.2, 0.25) is 0 Å². The van der Waals surface area contributed by atoms with Gasteiger partial charge in [0, 0.05) is 61.1 Å². The van der Waals surface area contributed by atoms with E-state index in [9.17, 15) is 0 Å². The van der Waals surface area contributed by atoms with Crippen LogP contribution in [0.1, 0.15) is 26.3 Å². The van der Waals surface area contributed by atoms with Crippen LogP contribution in [0, 0.1) is 18.8 Å². The molecule has 0 bridgehead atoms. The average molecular weight is 1300 g/mol. The maximum Gasteiger partial charge on any atom is 0.327 e. The van der Waals surface area contributed by atoms with E-state index in [1.807, 2.05) is 18.3 Å². The molecule has 0 atom stereocenters. The summed E-state index contributed by atoms with van der Waals surface area (Å²) in [6.07, 6.45) is 4.25. The summed E-state index contributed by atoms with van der Waals surface area (Å²) in [6.45, 7) is 8.81. The van der Waals surface area contributed by atoms with Crippen molar-refractivity contribution in [2.24, 2.45) is 0 Å². The van der Waals surface area contributed by atoms with Gasteiger partial charge in [-0.1, -0.05) is 231 Å². The first-order valence-corrected chi connectivity index (χ1v) is 29.4. The van der Waals surface area contributed by atoms with Crippen molar-refractivity contribution in [1.82, 2.24) is 9.55 Å². The van der Waals surface area contributed by atoms with E-state index in [-0.39, 0.29) is 33.3 Å². The number of fused-ring (bicyclic) bond motifs is 6. The van der Waals surface area contributed by atoms with Gasteiger partial charge in [0.05, 0.1) is 0 Å². The largest absolute Gasteiger partial charge is 0.509 e. The SMILES string of the molecule is CN1B(c2ccccc2)C2=CN(c3c(-c4cc(-c5ccccc5)cc(-c5ccccc5)c4)cccc3-c3cc(-c4ccccc4)cc(-c4ccccc4)c3)[CH-]N2c2[c-]c(Oc3[c-]c4c(cc3)c3ccccc3n4-c3cc(C(C)(C)C)ccn3)ccc21.[Pt]. The second-order valence-electron chi connectivity index (χ2n) is 23.4. The maximum atomic E-state index is 6.93. The molecule has 2 aliphatic heterocycles. The molecule has 0 saturated carbocycles. The number of benzene rings is 11. The summed E-state index contributed by atoms with van der Waals surface area (Å²) >= 11 is 0. The maximum absolute atomic E-state index is 6.93. The Labute approximate surface area is 524 Å². The Morgan fingerprint density at radius 2 is 0.966 bits per heavy atom. The van der Waals surface area contributed by atoms with E-state index >= 15 is 0 Å². The second-order valence-corrected chi connectivity index (χ2v) is 23.4. The van der Waals surface area contributed by atoms with Gasteiger partial charge in [0.25, 0.3) is 0 Å². The summed E-state index contributed by atoms with van der Waals surface area (Å²) in [7, 11) is 2.19. The minimum absolute atomic E-state index is 0. The molecular formula is C79H59BN5OPt-3. The zero-order valence-electron chi connectivity index (χ0n) is 48.7. The van der Waals surface area contributed by atoms with Gasteiger partial charge in [-0.05, 0) is 145 Å². The third kappa shape index (κ3) is 10.3. The molecule has 0 N–H and O–H groups in total. The summed E-state index contributed by atoms with van der Waals surface area (Å²) in [6, 6.07) is 103. The molecule has 0 amide bonds. The smallest absolute Gasteiger partial charge is 0.327 e. The van der Waals surface area contributed by atoms with Crippen molar-refractivity contribution in [1.29, 1.82) is 0 Å². The Morgan fingerprint density at radius 1 is 0.471 bits per heavy atom. The van der Waals surface area contributed by atoms with Crippen LogP contribution in [0.3, 0.4) is 0 Å². The van der Waals surface area contributed by atoms with Crippen LogP contribution in [-0.2, 0) is 26.5 Å². The number of hydrogen-bond donors (Lipinski definition) is 0. The van der Waals surface area contributed by atoms with Gasteiger partial charge in [-0.3, -0.25) is 0 Å². The molecule has 2 aromatic heterocycles. The summed E-state index contributed by atoms with van der Waals surface area (Å²) in [4.78, 5) is 12.0. The summed E-state index contributed by atoms with van der Waals surface area (Å²) < 4.78 is 9.14. The third-order valence-electron chi connectivity index (χ3n) is 16.9. The van der Waals surface area contributed by atoms with Crippen LogP contribution in [0.25, 0.3) is 94.4 Å². The van der Waals surface area contributed by atoms with Crippen molar-refractivity contribution in [3.8, 4) is 84.1 Å². The van der Waals surface area contributed by atoms with Gasteiger partial charge in [-0.15, -0.1) is 42.4 Å². The van der Waals surface area contributed by atoms with Crippen molar-refractivity contribution >= 4 is 51.2 Å². The molecule has 8 heteroatoms. The molecule has 0 unspecified atom stereocenters. The van der Waals surface area contributed by atoms with Gasteiger partial charge >= 0.3 is 6.85 Å². The first kappa shape index (κ1) is 55.0. The third-order valence-corrected chi connectivity index (χ3v) is 16.9. The number of hydrogen-bond acceptors (Lipinski definition) is 5. The fourth-order valence-corrected chi connectivity index (χ4v) is 12.6. The van der Waals surface area contributed by atoms with Crippen LogP contribution >= 0.6 is 0 Å². The molecule has 0 fully saturated rings. The number of pyridine rings is 1. The minimum atomic E-state index is -0.152. The van der Waals surface area contributed by atoms with Gasteiger partial charge < -0.3 is 23.9 Å². The van der Waals surface area contributed by atoms with Gasteiger partial charge in [-0.2, -0.15) is 6.07 Å². The van der Waals surface area contributed by atoms with Gasteiger partial charge in [-0.25, -0.2) is 4.98 Å². The molecule has 0 spiro atoms. The predicted octanol–water partition coefficient (Wildman–Crippen LogP) is 19.0. The standard InChI is InChI=1S/C79H59BN5O.Pt/c1-79(2,3)64-41-42-81-77(49-64)85-72-36-21-20-33-70(72)71-39-37-66(50-74(71)85)86-67-38-40-73-75(51-67)84-53-83(52-76(84)80(82(73)4)65-31-18-9-19-32-65)78-68(62-45-58(54-23-10-5-11-24-54)43-59(46-62)55-25-12-6-13-26-55)34-22-35-69(78)63-47-60(56-27-14-7-15-28-56)44-61(48-63)57-29-16-8-17-30-57;/h5-49,52-53H,1-4H3;/q-3;. The fourth-order valence-electron chi connectivity index (χ4n) is 12.6. The van der Waals surface area contributed by atoms with Crippen LogP contribution in [0.5, 0.6) is 11.5 Å². The number of aromatic nitrogens is 2. The van der Waals surface area contributed by atoms with Gasteiger partial charge in [0.1, 0.15) is 5.82 Å². The predicted molar refractivity (Wildman–Crippen MR) is 358 cm³/mol. The number of anilines is 3. The fraction of sp³-hybridized carbons (Fsp3) is 0.0633. The molecule has 11 aromatic carbocycles. The first-order valence-electron chi connectivity index (χ1n) is 29.4. The average Bonchev–Trinajstić information content (AvgIpc) is 1.81. The molecule has 0 aliphatic carbocycles. The zero-order chi connectivity index (χ0) is 57.9.